The number of likely N-dealkylation sites (tertiary alicyclic amines) is 1. The maximum Gasteiger partial charge on any atom is 0.250 e. The predicted octanol–water partition coefficient (Wildman–Crippen LogP) is 2.89. The molecule has 6 nitrogen and oxygen atoms in total. The lowest BCUT2D eigenvalue weighted by atomic mass is 9.85. The van der Waals surface area contributed by atoms with Gasteiger partial charge in [0.25, 0.3) is 0 Å². The Morgan fingerprint density at radius 1 is 1.00 bits per heavy atom. The third-order valence-electron chi connectivity index (χ3n) is 6.71. The molecule has 0 aromatic heterocycles. The summed E-state index contributed by atoms with van der Waals surface area (Å²) in [6, 6.07) is 15.9. The van der Waals surface area contributed by atoms with Crippen LogP contribution in [0.4, 0.5) is 10.1 Å². The van der Waals surface area contributed by atoms with E-state index in [4.69, 9.17) is 5.73 Å². The smallest absolute Gasteiger partial charge is 0.250 e. The van der Waals surface area contributed by atoms with Gasteiger partial charge in [-0.05, 0) is 62.2 Å². The fourth-order valence-electron chi connectivity index (χ4n) is 4.92. The molecule has 0 saturated carbocycles. The van der Waals surface area contributed by atoms with Crippen molar-refractivity contribution in [2.24, 2.45) is 5.73 Å². The SMILES string of the molecule is NCCN1CN(c2ccccc2)C2(CCN(CCCC(=O)c3ccc(F)cc3)CC2)C1=O. The summed E-state index contributed by atoms with van der Waals surface area (Å²) in [6.45, 7) is 4.05. The number of amides is 1. The summed E-state index contributed by atoms with van der Waals surface area (Å²) >= 11 is 0. The number of anilines is 1. The van der Waals surface area contributed by atoms with Crippen molar-refractivity contribution in [3.05, 3.63) is 66.0 Å². The number of piperidine rings is 1. The second-order valence-corrected chi connectivity index (χ2v) is 8.67. The van der Waals surface area contributed by atoms with Gasteiger partial charge in [0.2, 0.25) is 5.91 Å². The summed E-state index contributed by atoms with van der Waals surface area (Å²) in [5.74, 6) is -0.116. The van der Waals surface area contributed by atoms with Crippen molar-refractivity contribution in [3.63, 3.8) is 0 Å². The molecule has 2 aromatic carbocycles. The number of Topliss-reactive ketones (excluding diaryl/α,β-unsaturated/α-hetero) is 1. The highest BCUT2D eigenvalue weighted by atomic mass is 19.1. The third kappa shape index (κ3) is 4.54. The van der Waals surface area contributed by atoms with Crippen LogP contribution in [0.2, 0.25) is 0 Å². The molecule has 1 amide bonds. The molecular weight excluding hydrogens is 407 g/mol. The molecule has 0 atom stereocenters. The van der Waals surface area contributed by atoms with Gasteiger partial charge in [0.05, 0.1) is 6.67 Å². The lowest BCUT2D eigenvalue weighted by Crippen LogP contribution is -2.56. The second-order valence-electron chi connectivity index (χ2n) is 8.67. The molecule has 2 N–H and O–H groups in total. The van der Waals surface area contributed by atoms with Crippen LogP contribution >= 0.6 is 0 Å². The van der Waals surface area contributed by atoms with Crippen molar-refractivity contribution in [2.75, 3.05) is 44.3 Å². The molecule has 1 spiro atoms. The van der Waals surface area contributed by atoms with E-state index in [1.54, 1.807) is 12.1 Å². The van der Waals surface area contributed by atoms with Gasteiger partial charge in [0.1, 0.15) is 11.4 Å². The molecule has 2 aliphatic heterocycles. The van der Waals surface area contributed by atoms with Gasteiger partial charge in [0.15, 0.2) is 5.78 Å². The van der Waals surface area contributed by atoms with Crippen LogP contribution in [0, 0.1) is 5.82 Å². The van der Waals surface area contributed by atoms with Crippen LogP contribution in [-0.2, 0) is 4.79 Å². The predicted molar refractivity (Wildman–Crippen MR) is 123 cm³/mol. The summed E-state index contributed by atoms with van der Waals surface area (Å²) in [6.07, 6.45) is 2.70. The Morgan fingerprint density at radius 3 is 2.34 bits per heavy atom. The zero-order chi connectivity index (χ0) is 22.6. The van der Waals surface area contributed by atoms with Gasteiger partial charge in [-0.15, -0.1) is 0 Å². The van der Waals surface area contributed by atoms with Crippen LogP contribution < -0.4 is 10.6 Å². The Bertz CT molecular complexity index is 927. The van der Waals surface area contributed by atoms with Crippen molar-refractivity contribution in [1.82, 2.24) is 9.80 Å². The molecule has 2 heterocycles. The lowest BCUT2D eigenvalue weighted by molar-refractivity contribution is -0.133. The number of ketones is 1. The van der Waals surface area contributed by atoms with Crippen molar-refractivity contribution < 1.29 is 14.0 Å². The summed E-state index contributed by atoms with van der Waals surface area (Å²) < 4.78 is 13.0. The first-order valence-corrected chi connectivity index (χ1v) is 11.4. The minimum Gasteiger partial charge on any atom is -0.339 e. The van der Waals surface area contributed by atoms with Gasteiger partial charge in [-0.1, -0.05) is 18.2 Å². The Morgan fingerprint density at radius 2 is 1.69 bits per heavy atom. The van der Waals surface area contributed by atoms with E-state index in [0.717, 1.165) is 44.6 Å². The van der Waals surface area contributed by atoms with Gasteiger partial charge >= 0.3 is 0 Å². The Hall–Kier alpha value is -2.77. The molecular formula is C25H31FN4O2. The first kappa shape index (κ1) is 22.4. The van der Waals surface area contributed by atoms with Crippen LogP contribution in [0.3, 0.4) is 0 Å². The minimum absolute atomic E-state index is 0.0390. The largest absolute Gasteiger partial charge is 0.339 e. The highest BCUT2D eigenvalue weighted by Gasteiger charge is 2.53. The summed E-state index contributed by atoms with van der Waals surface area (Å²) in [5.41, 5.74) is 6.86. The van der Waals surface area contributed by atoms with E-state index < -0.39 is 5.54 Å². The maximum atomic E-state index is 13.4. The van der Waals surface area contributed by atoms with E-state index in [1.165, 1.54) is 12.1 Å². The Balaban J connectivity index is 1.35. The number of hydrogen-bond acceptors (Lipinski definition) is 5. The maximum absolute atomic E-state index is 13.4. The van der Waals surface area contributed by atoms with Crippen molar-refractivity contribution in [1.29, 1.82) is 0 Å². The number of carbonyl (C=O) groups is 2. The van der Waals surface area contributed by atoms with E-state index in [2.05, 4.69) is 21.9 Å². The van der Waals surface area contributed by atoms with Gasteiger partial charge in [-0.3, -0.25) is 9.59 Å². The quantitative estimate of drug-likeness (QED) is 0.642. The van der Waals surface area contributed by atoms with Gasteiger partial charge < -0.3 is 20.4 Å². The van der Waals surface area contributed by atoms with E-state index >= 15 is 0 Å². The molecule has 0 bridgehead atoms. The van der Waals surface area contributed by atoms with Crippen LogP contribution in [0.15, 0.2) is 54.6 Å². The number of hydrogen-bond donors (Lipinski definition) is 1. The summed E-state index contributed by atoms with van der Waals surface area (Å²) in [7, 11) is 0. The number of nitrogens with two attached hydrogens (primary N) is 1. The highest BCUT2D eigenvalue weighted by Crippen LogP contribution is 2.39. The average molecular weight is 439 g/mol. The van der Waals surface area contributed by atoms with E-state index in [-0.39, 0.29) is 17.5 Å². The van der Waals surface area contributed by atoms with E-state index in [0.29, 0.717) is 31.7 Å². The van der Waals surface area contributed by atoms with Crippen LogP contribution in [-0.4, -0.2) is 66.4 Å². The van der Waals surface area contributed by atoms with Crippen LogP contribution in [0.5, 0.6) is 0 Å². The number of rotatable bonds is 8. The number of para-hydroxylation sites is 1. The monoisotopic (exact) mass is 438 g/mol. The molecule has 2 fully saturated rings. The number of halogens is 1. The van der Waals surface area contributed by atoms with Crippen molar-refractivity contribution in [3.8, 4) is 0 Å². The number of benzene rings is 2. The molecule has 2 aliphatic rings. The van der Waals surface area contributed by atoms with Crippen LogP contribution in [0.25, 0.3) is 0 Å². The third-order valence-corrected chi connectivity index (χ3v) is 6.71. The van der Waals surface area contributed by atoms with E-state index in [9.17, 15) is 14.0 Å². The first-order chi connectivity index (χ1) is 15.5. The lowest BCUT2D eigenvalue weighted by Gasteiger charge is -2.43. The van der Waals surface area contributed by atoms with Gasteiger partial charge in [0, 0.05) is 43.9 Å². The van der Waals surface area contributed by atoms with Crippen molar-refractivity contribution in [2.45, 2.75) is 31.2 Å². The molecule has 0 unspecified atom stereocenters. The Kier molecular flexibility index (Phi) is 6.86. The molecule has 0 radical (unpaired) electrons. The second kappa shape index (κ2) is 9.79. The molecule has 32 heavy (non-hydrogen) atoms. The molecule has 2 saturated heterocycles. The van der Waals surface area contributed by atoms with Crippen LogP contribution in [0.1, 0.15) is 36.0 Å². The number of nitrogens with zero attached hydrogens (tertiary/aromatic N) is 3. The number of carbonyl (C=O) groups excluding carboxylic acids is 2. The zero-order valence-electron chi connectivity index (χ0n) is 18.4. The first-order valence-electron chi connectivity index (χ1n) is 11.4. The van der Waals surface area contributed by atoms with Crippen molar-refractivity contribution >= 4 is 17.4 Å². The summed E-state index contributed by atoms with van der Waals surface area (Å²) in [4.78, 5) is 32.2. The highest BCUT2D eigenvalue weighted by molar-refractivity contribution is 5.96. The normalized spacial score (nSPS) is 18.5. The van der Waals surface area contributed by atoms with E-state index in [1.807, 2.05) is 23.1 Å². The standard InChI is InChI=1S/C25H31FN4O2/c26-21-10-8-20(9-11-21)23(31)7-4-15-28-16-12-25(13-17-28)24(32)29(18-14-27)19-30(25)22-5-2-1-3-6-22/h1-3,5-6,8-11H,4,7,12-19,27H2. The fourth-order valence-corrected chi connectivity index (χ4v) is 4.92. The molecule has 2 aromatic rings. The molecule has 170 valence electrons. The fraction of sp³-hybridized carbons (Fsp3) is 0.440. The zero-order valence-corrected chi connectivity index (χ0v) is 18.4. The average Bonchev–Trinajstić information content (AvgIpc) is 3.08. The molecule has 4 rings (SSSR count). The van der Waals surface area contributed by atoms with Gasteiger partial charge in [-0.25, -0.2) is 4.39 Å². The van der Waals surface area contributed by atoms with Gasteiger partial charge in [-0.2, -0.15) is 0 Å². The minimum atomic E-state index is -0.517. The summed E-state index contributed by atoms with van der Waals surface area (Å²) in [5, 5.41) is 0. The topological polar surface area (TPSA) is 69.9 Å². The molecule has 0 aliphatic carbocycles. The molecule has 7 heteroatoms. The Labute approximate surface area is 188 Å².